The van der Waals surface area contributed by atoms with E-state index in [1.165, 1.54) is 12.1 Å². The van der Waals surface area contributed by atoms with E-state index >= 15 is 0 Å². The molecule has 0 radical (unpaired) electrons. The minimum absolute atomic E-state index is 0.0401. The fourth-order valence-corrected chi connectivity index (χ4v) is 2.27. The zero-order valence-electron chi connectivity index (χ0n) is 13.3. The van der Waals surface area contributed by atoms with E-state index in [0.717, 1.165) is 11.1 Å². The number of benzene rings is 1. The van der Waals surface area contributed by atoms with Gasteiger partial charge in [-0.25, -0.2) is 4.79 Å². The lowest BCUT2D eigenvalue weighted by Gasteiger charge is -2.11. The molecular formula is C15H17N3O6. The van der Waals surface area contributed by atoms with Crippen molar-refractivity contribution in [3.63, 3.8) is 0 Å². The van der Waals surface area contributed by atoms with Crippen molar-refractivity contribution >= 4 is 29.2 Å². The molecule has 2 amide bonds. The van der Waals surface area contributed by atoms with Crippen LogP contribution in [0.2, 0.25) is 0 Å². The summed E-state index contributed by atoms with van der Waals surface area (Å²) in [5, 5.41) is 15.9. The molecule has 0 unspecified atom stereocenters. The Bertz CT molecular complexity index is 715. The van der Waals surface area contributed by atoms with Crippen LogP contribution in [0.3, 0.4) is 0 Å². The van der Waals surface area contributed by atoms with Gasteiger partial charge >= 0.3 is 5.97 Å². The van der Waals surface area contributed by atoms with E-state index < -0.39 is 29.4 Å². The highest BCUT2D eigenvalue weighted by atomic mass is 16.6. The molecular weight excluding hydrogens is 318 g/mol. The number of hydrogen-bond donors (Lipinski definition) is 2. The minimum atomic E-state index is -0.749. The normalized spacial score (nSPS) is 16.4. The maximum atomic E-state index is 11.9. The number of carbonyl (C=O) groups is 3. The maximum Gasteiger partial charge on any atom is 0.329 e. The molecule has 0 aromatic heterocycles. The molecule has 1 fully saturated rings. The largest absolute Gasteiger partial charge is 0.454 e. The summed E-state index contributed by atoms with van der Waals surface area (Å²) in [6.45, 7) is 2.90. The van der Waals surface area contributed by atoms with E-state index in [1.54, 1.807) is 13.8 Å². The second-order valence-electron chi connectivity index (χ2n) is 5.53. The van der Waals surface area contributed by atoms with Gasteiger partial charge in [0.2, 0.25) is 5.91 Å². The molecule has 0 aliphatic carbocycles. The van der Waals surface area contributed by atoms with Gasteiger partial charge in [0.15, 0.2) is 6.61 Å². The highest BCUT2D eigenvalue weighted by molar-refractivity contribution is 5.96. The fourth-order valence-electron chi connectivity index (χ4n) is 2.27. The summed E-state index contributed by atoms with van der Waals surface area (Å²) < 4.78 is 4.83. The number of nitrogens with zero attached hydrogens (tertiary/aromatic N) is 1. The molecule has 128 valence electrons. The molecule has 0 saturated carbocycles. The summed E-state index contributed by atoms with van der Waals surface area (Å²) in [7, 11) is 0. The number of ether oxygens (including phenoxy) is 1. The van der Waals surface area contributed by atoms with Crippen molar-refractivity contribution in [3.05, 3.63) is 33.4 Å². The summed E-state index contributed by atoms with van der Waals surface area (Å²) in [5.74, 6) is -1.64. The molecule has 1 aromatic rings. The Morgan fingerprint density at radius 1 is 1.38 bits per heavy atom. The lowest BCUT2D eigenvalue weighted by Crippen LogP contribution is -2.36. The quantitative estimate of drug-likeness (QED) is 0.469. The first-order valence-corrected chi connectivity index (χ1v) is 7.29. The number of nitro groups is 1. The number of rotatable bonds is 5. The molecule has 2 N–H and O–H groups in total. The first-order valence-electron chi connectivity index (χ1n) is 7.29. The van der Waals surface area contributed by atoms with Gasteiger partial charge in [0, 0.05) is 12.5 Å². The predicted molar refractivity (Wildman–Crippen MR) is 83.3 cm³/mol. The fraction of sp³-hybridized carbons (Fsp3) is 0.400. The van der Waals surface area contributed by atoms with Gasteiger partial charge in [-0.1, -0.05) is 0 Å². The van der Waals surface area contributed by atoms with Crippen LogP contribution in [-0.4, -0.2) is 35.4 Å². The van der Waals surface area contributed by atoms with Crippen molar-refractivity contribution in [2.45, 2.75) is 32.7 Å². The van der Waals surface area contributed by atoms with E-state index in [-0.39, 0.29) is 23.7 Å². The van der Waals surface area contributed by atoms with E-state index in [1.807, 2.05) is 0 Å². The van der Waals surface area contributed by atoms with Gasteiger partial charge in [0.05, 0.1) is 4.92 Å². The number of aryl methyl sites for hydroxylation is 2. The van der Waals surface area contributed by atoms with Crippen molar-refractivity contribution in [3.8, 4) is 0 Å². The van der Waals surface area contributed by atoms with Crippen LogP contribution in [0.25, 0.3) is 0 Å². The summed E-state index contributed by atoms with van der Waals surface area (Å²) in [6.07, 6.45) is 0.558. The molecule has 1 aromatic carbocycles. The zero-order chi connectivity index (χ0) is 17.9. The SMILES string of the molecule is Cc1cc(NC(=O)COC(=O)[C@H]2CCC(=O)N2)c([N+](=O)[O-])cc1C. The van der Waals surface area contributed by atoms with Crippen LogP contribution in [0.1, 0.15) is 24.0 Å². The van der Waals surface area contributed by atoms with Gasteiger partial charge in [0.25, 0.3) is 11.6 Å². The summed E-state index contributed by atoms with van der Waals surface area (Å²) in [5.41, 5.74) is 1.31. The smallest absolute Gasteiger partial charge is 0.329 e. The van der Waals surface area contributed by atoms with Crippen LogP contribution in [-0.2, 0) is 19.1 Å². The molecule has 0 spiro atoms. The van der Waals surface area contributed by atoms with Crippen LogP contribution in [0.5, 0.6) is 0 Å². The van der Waals surface area contributed by atoms with E-state index in [0.29, 0.717) is 6.42 Å². The molecule has 9 heteroatoms. The van der Waals surface area contributed by atoms with E-state index in [4.69, 9.17) is 4.74 Å². The molecule has 0 bridgehead atoms. The van der Waals surface area contributed by atoms with Gasteiger partial charge in [-0.2, -0.15) is 0 Å². The second kappa shape index (κ2) is 7.07. The van der Waals surface area contributed by atoms with Crippen molar-refractivity contribution in [2.24, 2.45) is 0 Å². The van der Waals surface area contributed by atoms with Crippen LogP contribution in [0, 0.1) is 24.0 Å². The number of anilines is 1. The Kier molecular flexibility index (Phi) is 5.12. The van der Waals surface area contributed by atoms with E-state index in [9.17, 15) is 24.5 Å². The van der Waals surface area contributed by atoms with Crippen molar-refractivity contribution in [2.75, 3.05) is 11.9 Å². The number of amides is 2. The maximum absolute atomic E-state index is 11.9. The summed E-state index contributed by atoms with van der Waals surface area (Å²) in [6, 6.07) is 2.11. The third kappa shape index (κ3) is 4.06. The minimum Gasteiger partial charge on any atom is -0.454 e. The third-order valence-corrected chi connectivity index (χ3v) is 3.71. The highest BCUT2D eigenvalue weighted by Gasteiger charge is 2.29. The highest BCUT2D eigenvalue weighted by Crippen LogP contribution is 2.27. The van der Waals surface area contributed by atoms with Crippen molar-refractivity contribution < 1.29 is 24.0 Å². The molecule has 24 heavy (non-hydrogen) atoms. The predicted octanol–water partition coefficient (Wildman–Crippen LogP) is 0.972. The number of hydrogen-bond acceptors (Lipinski definition) is 6. The van der Waals surface area contributed by atoms with Crippen molar-refractivity contribution in [1.29, 1.82) is 0 Å². The topological polar surface area (TPSA) is 128 Å². The van der Waals surface area contributed by atoms with Crippen LogP contribution in [0.15, 0.2) is 12.1 Å². The first kappa shape index (κ1) is 17.4. The summed E-state index contributed by atoms with van der Waals surface area (Å²) >= 11 is 0. The van der Waals surface area contributed by atoms with Gasteiger partial charge in [-0.05, 0) is 37.5 Å². The van der Waals surface area contributed by atoms with Crippen LogP contribution >= 0.6 is 0 Å². The molecule has 1 aliphatic rings. The Morgan fingerprint density at radius 2 is 2.04 bits per heavy atom. The Balaban J connectivity index is 1.97. The molecule has 2 rings (SSSR count). The molecule has 9 nitrogen and oxygen atoms in total. The number of nitrogens with one attached hydrogen (secondary N) is 2. The molecule has 1 aliphatic heterocycles. The molecule has 1 saturated heterocycles. The Hall–Kier alpha value is -2.97. The number of carbonyl (C=O) groups excluding carboxylic acids is 3. The van der Waals surface area contributed by atoms with Gasteiger partial charge in [0.1, 0.15) is 11.7 Å². The second-order valence-corrected chi connectivity index (χ2v) is 5.53. The third-order valence-electron chi connectivity index (χ3n) is 3.71. The Labute approximate surface area is 137 Å². The monoisotopic (exact) mass is 335 g/mol. The average molecular weight is 335 g/mol. The number of nitro benzene ring substituents is 1. The molecule has 1 atom stereocenters. The first-order chi connectivity index (χ1) is 11.3. The lowest BCUT2D eigenvalue weighted by atomic mass is 10.1. The average Bonchev–Trinajstić information content (AvgIpc) is 2.94. The Morgan fingerprint density at radius 3 is 2.62 bits per heavy atom. The van der Waals surface area contributed by atoms with Crippen molar-refractivity contribution in [1.82, 2.24) is 5.32 Å². The number of esters is 1. The van der Waals surface area contributed by atoms with E-state index in [2.05, 4.69) is 10.6 Å². The molecule has 1 heterocycles. The van der Waals surface area contributed by atoms with Gasteiger partial charge < -0.3 is 15.4 Å². The van der Waals surface area contributed by atoms with Gasteiger partial charge in [-0.15, -0.1) is 0 Å². The summed E-state index contributed by atoms with van der Waals surface area (Å²) in [4.78, 5) is 45.1. The standard InChI is InChI=1S/C15H17N3O6/c1-8-5-11(12(18(22)23)6-9(8)2)17-14(20)7-24-15(21)10-3-4-13(19)16-10/h5-6,10H,3-4,7H2,1-2H3,(H,16,19)(H,17,20)/t10-/m1/s1. The van der Waals surface area contributed by atoms with Gasteiger partial charge in [-0.3, -0.25) is 19.7 Å². The zero-order valence-corrected chi connectivity index (χ0v) is 13.3. The van der Waals surface area contributed by atoms with Crippen LogP contribution in [0.4, 0.5) is 11.4 Å². The lowest BCUT2D eigenvalue weighted by molar-refractivity contribution is -0.384. The van der Waals surface area contributed by atoms with Crippen LogP contribution < -0.4 is 10.6 Å².